The van der Waals surface area contributed by atoms with Crippen LogP contribution in [-0.4, -0.2) is 10.2 Å². The van der Waals surface area contributed by atoms with Crippen LogP contribution in [0.2, 0.25) is 0 Å². The molecule has 2 heteroatoms. The van der Waals surface area contributed by atoms with E-state index in [0.717, 1.165) is 6.42 Å². The van der Waals surface area contributed by atoms with Crippen molar-refractivity contribution in [1.82, 2.24) is 10.2 Å². The van der Waals surface area contributed by atoms with Gasteiger partial charge in [0.1, 0.15) is 0 Å². The summed E-state index contributed by atoms with van der Waals surface area (Å²) in [6.45, 7) is 2.28. The number of hydrogen-bond acceptors (Lipinski definition) is 1. The van der Waals surface area contributed by atoms with Crippen LogP contribution in [0.5, 0.6) is 0 Å². The number of aromatic nitrogens is 2. The van der Waals surface area contributed by atoms with Gasteiger partial charge in [-0.3, -0.25) is 5.10 Å². The Morgan fingerprint density at radius 2 is 1.47 bits per heavy atom. The molecule has 0 aliphatic carbocycles. The SMILES string of the molecule is CCCCCCCCCCCCc1ccn[nH]1. The minimum absolute atomic E-state index is 1.16. The maximum absolute atomic E-state index is 3.96. The number of unbranched alkanes of at least 4 members (excludes halogenated alkanes) is 9. The predicted molar refractivity (Wildman–Crippen MR) is 74.1 cm³/mol. The fraction of sp³-hybridized carbons (Fsp3) is 0.800. The average Bonchev–Trinajstić information content (AvgIpc) is 2.85. The molecular formula is C15H28N2. The molecule has 0 atom stereocenters. The molecule has 0 saturated carbocycles. The first-order valence-electron chi connectivity index (χ1n) is 7.41. The van der Waals surface area contributed by atoms with Gasteiger partial charge >= 0.3 is 0 Å². The Balaban J connectivity index is 1.76. The molecule has 1 heterocycles. The molecule has 0 unspecified atom stereocenters. The summed E-state index contributed by atoms with van der Waals surface area (Å²) in [7, 11) is 0. The lowest BCUT2D eigenvalue weighted by atomic mass is 10.1. The molecule has 0 spiro atoms. The van der Waals surface area contributed by atoms with E-state index in [1.54, 1.807) is 0 Å². The molecule has 1 aromatic rings. The molecule has 1 rings (SSSR count). The van der Waals surface area contributed by atoms with E-state index in [-0.39, 0.29) is 0 Å². The Labute approximate surface area is 106 Å². The van der Waals surface area contributed by atoms with Gasteiger partial charge in [0.25, 0.3) is 0 Å². The molecule has 0 saturated heterocycles. The molecule has 98 valence electrons. The number of hydrogen-bond donors (Lipinski definition) is 1. The Bertz CT molecular complexity index is 241. The minimum atomic E-state index is 1.16. The smallest absolute Gasteiger partial charge is 0.0490 e. The van der Waals surface area contributed by atoms with Crippen LogP contribution in [-0.2, 0) is 6.42 Å². The normalized spacial score (nSPS) is 10.9. The fourth-order valence-electron chi connectivity index (χ4n) is 2.23. The van der Waals surface area contributed by atoms with Crippen LogP contribution in [0.4, 0.5) is 0 Å². The molecule has 1 N–H and O–H groups in total. The van der Waals surface area contributed by atoms with Gasteiger partial charge in [0, 0.05) is 11.9 Å². The van der Waals surface area contributed by atoms with E-state index >= 15 is 0 Å². The third kappa shape index (κ3) is 8.00. The largest absolute Gasteiger partial charge is 0.283 e. The molecule has 2 nitrogen and oxygen atoms in total. The van der Waals surface area contributed by atoms with Gasteiger partial charge in [-0.15, -0.1) is 0 Å². The molecule has 0 aliphatic rings. The van der Waals surface area contributed by atoms with Crippen LogP contribution in [0, 0.1) is 0 Å². The second kappa shape index (κ2) is 10.4. The molecule has 17 heavy (non-hydrogen) atoms. The lowest BCUT2D eigenvalue weighted by molar-refractivity contribution is 0.555. The lowest BCUT2D eigenvalue weighted by Crippen LogP contribution is -1.87. The zero-order valence-electron chi connectivity index (χ0n) is 11.4. The van der Waals surface area contributed by atoms with Gasteiger partial charge in [0.05, 0.1) is 0 Å². The Kier molecular flexibility index (Phi) is 8.71. The van der Waals surface area contributed by atoms with Gasteiger partial charge in [0.2, 0.25) is 0 Å². The fourth-order valence-corrected chi connectivity index (χ4v) is 2.23. The minimum Gasteiger partial charge on any atom is -0.283 e. The zero-order valence-corrected chi connectivity index (χ0v) is 11.4. The number of aryl methyl sites for hydroxylation is 1. The molecular weight excluding hydrogens is 208 g/mol. The maximum Gasteiger partial charge on any atom is 0.0490 e. The summed E-state index contributed by atoms with van der Waals surface area (Å²) >= 11 is 0. The number of rotatable bonds is 11. The van der Waals surface area contributed by atoms with Crippen molar-refractivity contribution in [2.24, 2.45) is 0 Å². The highest BCUT2D eigenvalue weighted by Gasteiger charge is 1.95. The second-order valence-electron chi connectivity index (χ2n) is 5.01. The first-order valence-corrected chi connectivity index (χ1v) is 7.41. The van der Waals surface area contributed by atoms with Crippen LogP contribution in [0.3, 0.4) is 0 Å². The average molecular weight is 236 g/mol. The van der Waals surface area contributed by atoms with Crippen LogP contribution in [0.15, 0.2) is 12.3 Å². The summed E-state index contributed by atoms with van der Waals surface area (Å²) in [6, 6.07) is 2.08. The molecule has 0 fully saturated rings. The number of aromatic amines is 1. The van der Waals surface area contributed by atoms with E-state index in [1.807, 2.05) is 6.20 Å². The predicted octanol–water partition coefficient (Wildman–Crippen LogP) is 4.87. The van der Waals surface area contributed by atoms with Crippen molar-refractivity contribution in [2.45, 2.75) is 77.6 Å². The molecule has 1 aromatic heterocycles. The quantitative estimate of drug-likeness (QED) is 0.545. The van der Waals surface area contributed by atoms with Crippen molar-refractivity contribution in [3.05, 3.63) is 18.0 Å². The Hall–Kier alpha value is -0.790. The highest BCUT2D eigenvalue weighted by Crippen LogP contribution is 2.11. The number of nitrogens with zero attached hydrogens (tertiary/aromatic N) is 1. The van der Waals surface area contributed by atoms with Crippen molar-refractivity contribution in [3.8, 4) is 0 Å². The highest BCUT2D eigenvalue weighted by molar-refractivity contribution is 4.96. The second-order valence-corrected chi connectivity index (χ2v) is 5.01. The number of H-pyrrole nitrogens is 1. The first-order chi connectivity index (χ1) is 8.43. The first kappa shape index (κ1) is 14.3. The van der Waals surface area contributed by atoms with Gasteiger partial charge in [-0.2, -0.15) is 5.10 Å². The van der Waals surface area contributed by atoms with Gasteiger partial charge in [0.15, 0.2) is 0 Å². The van der Waals surface area contributed by atoms with E-state index < -0.39 is 0 Å². The van der Waals surface area contributed by atoms with E-state index in [1.165, 1.54) is 69.9 Å². The van der Waals surface area contributed by atoms with Gasteiger partial charge < -0.3 is 0 Å². The molecule has 0 amide bonds. The van der Waals surface area contributed by atoms with Crippen LogP contribution < -0.4 is 0 Å². The summed E-state index contributed by atoms with van der Waals surface area (Å²) in [5.74, 6) is 0. The van der Waals surface area contributed by atoms with E-state index in [4.69, 9.17) is 0 Å². The van der Waals surface area contributed by atoms with Crippen molar-refractivity contribution in [3.63, 3.8) is 0 Å². The molecule has 0 aliphatic heterocycles. The van der Waals surface area contributed by atoms with Crippen molar-refractivity contribution >= 4 is 0 Å². The third-order valence-corrected chi connectivity index (χ3v) is 3.36. The molecule has 0 aromatic carbocycles. The zero-order chi connectivity index (χ0) is 12.2. The number of nitrogens with one attached hydrogen (secondary N) is 1. The summed E-state index contributed by atoms with van der Waals surface area (Å²) in [4.78, 5) is 0. The standard InChI is InChI=1S/C15H28N2/c1-2-3-4-5-6-7-8-9-10-11-12-15-13-14-16-17-15/h13-14H,2-12H2,1H3,(H,16,17). The monoisotopic (exact) mass is 236 g/mol. The summed E-state index contributed by atoms with van der Waals surface area (Å²) in [5, 5.41) is 6.98. The van der Waals surface area contributed by atoms with Crippen LogP contribution in [0.1, 0.15) is 76.8 Å². The van der Waals surface area contributed by atoms with E-state index in [2.05, 4.69) is 23.2 Å². The molecule has 0 bridgehead atoms. The molecule has 0 radical (unpaired) electrons. The lowest BCUT2D eigenvalue weighted by Gasteiger charge is -2.01. The van der Waals surface area contributed by atoms with Crippen LogP contribution in [0.25, 0.3) is 0 Å². The van der Waals surface area contributed by atoms with Gasteiger partial charge in [-0.1, -0.05) is 64.7 Å². The van der Waals surface area contributed by atoms with Crippen molar-refractivity contribution < 1.29 is 0 Å². The van der Waals surface area contributed by atoms with E-state index in [9.17, 15) is 0 Å². The van der Waals surface area contributed by atoms with Gasteiger partial charge in [-0.25, -0.2) is 0 Å². The van der Waals surface area contributed by atoms with Gasteiger partial charge in [-0.05, 0) is 18.9 Å². The summed E-state index contributed by atoms with van der Waals surface area (Å²) < 4.78 is 0. The Morgan fingerprint density at radius 3 is 2.00 bits per heavy atom. The van der Waals surface area contributed by atoms with Crippen LogP contribution >= 0.6 is 0 Å². The third-order valence-electron chi connectivity index (χ3n) is 3.36. The maximum atomic E-state index is 3.96. The Morgan fingerprint density at radius 1 is 0.882 bits per heavy atom. The van der Waals surface area contributed by atoms with E-state index in [0.29, 0.717) is 0 Å². The topological polar surface area (TPSA) is 28.7 Å². The van der Waals surface area contributed by atoms with Crippen molar-refractivity contribution in [1.29, 1.82) is 0 Å². The van der Waals surface area contributed by atoms with Crippen molar-refractivity contribution in [2.75, 3.05) is 0 Å². The summed E-state index contributed by atoms with van der Waals surface area (Å²) in [6.07, 6.45) is 17.1. The highest BCUT2D eigenvalue weighted by atomic mass is 15.1. The summed E-state index contributed by atoms with van der Waals surface area (Å²) in [5.41, 5.74) is 1.28.